The Labute approximate surface area is 239 Å². The molecule has 3 rings (SSSR count). The minimum absolute atomic E-state index is 0.0281. The molecule has 42 heavy (non-hydrogen) atoms. The van der Waals surface area contributed by atoms with Crippen LogP contribution in [0.4, 0.5) is 39.5 Å². The molecule has 0 aliphatic rings. The summed E-state index contributed by atoms with van der Waals surface area (Å²) in [5.74, 6) is -14.9. The van der Waals surface area contributed by atoms with Crippen LogP contribution >= 0.6 is 10.3 Å². The summed E-state index contributed by atoms with van der Waals surface area (Å²) in [6.45, 7) is 9.30. The van der Waals surface area contributed by atoms with E-state index in [0.29, 0.717) is 11.1 Å². The van der Waals surface area contributed by atoms with Crippen molar-refractivity contribution >= 4 is 20.4 Å². The molecule has 0 radical (unpaired) electrons. The zero-order valence-electron chi connectivity index (χ0n) is 23.1. The van der Waals surface area contributed by atoms with Crippen LogP contribution in [0.1, 0.15) is 33.4 Å². The Kier molecular flexibility index (Phi) is 8.67. The van der Waals surface area contributed by atoms with Gasteiger partial charge in [0, 0.05) is 14.7 Å². The number of benzene rings is 3. The van der Waals surface area contributed by atoms with Crippen molar-refractivity contribution in [1.82, 2.24) is 0 Å². The fourth-order valence-electron chi connectivity index (χ4n) is 4.99. The normalized spacial score (nSPS) is 14.3. The summed E-state index contributed by atoms with van der Waals surface area (Å²) in [5.41, 5.74) is 2.40. The molecule has 0 aliphatic heterocycles. The number of hydrogen-bond donors (Lipinski definition) is 0. The van der Waals surface area contributed by atoms with Gasteiger partial charge in [0.15, 0.2) is 0 Å². The summed E-state index contributed by atoms with van der Waals surface area (Å²) in [7, 11) is -11.4. The molecule has 0 unspecified atom stereocenters. The predicted molar refractivity (Wildman–Crippen MR) is 141 cm³/mol. The van der Waals surface area contributed by atoms with Crippen molar-refractivity contribution in [3.05, 3.63) is 88.0 Å². The van der Waals surface area contributed by atoms with E-state index in [-0.39, 0.29) is 36.9 Å². The van der Waals surface area contributed by atoms with Crippen LogP contribution in [0.5, 0.6) is 0 Å². The third-order valence-corrected chi connectivity index (χ3v) is 12.3. The number of aryl methyl sites for hydroxylation is 6. The molecule has 0 amide bonds. The molecular formula is C28H27F9O3S2. The molecular weight excluding hydrogens is 619 g/mol. The van der Waals surface area contributed by atoms with Crippen molar-refractivity contribution < 1.29 is 51.6 Å². The standard InChI is InChI=1S/C28H27F9O3S2/c1-16-12-18(3)23(19(4)13-16)41(22-10-8-7-9-11-22,24-20(5)14-17(2)15-21(24)6)40-42(38,39)28(36,37)26(31,32)25(29,30)27(33,34)35/h7-15H,1-6H3. The van der Waals surface area contributed by atoms with Crippen LogP contribution in [-0.4, -0.2) is 31.7 Å². The maximum absolute atomic E-state index is 15.2. The highest BCUT2D eigenvalue weighted by molar-refractivity contribution is 8.33. The van der Waals surface area contributed by atoms with Crippen molar-refractivity contribution in [3.8, 4) is 0 Å². The molecule has 14 heteroatoms. The third-order valence-electron chi connectivity index (χ3n) is 6.48. The molecule has 3 nitrogen and oxygen atoms in total. The maximum atomic E-state index is 15.2. The van der Waals surface area contributed by atoms with Gasteiger partial charge in [0.05, 0.1) is 0 Å². The Hall–Kier alpha value is -2.71. The van der Waals surface area contributed by atoms with Gasteiger partial charge in [-0.1, -0.05) is 53.6 Å². The highest BCUT2D eigenvalue weighted by atomic mass is 32.3. The Morgan fingerprint density at radius 1 is 0.571 bits per heavy atom. The lowest BCUT2D eigenvalue weighted by Gasteiger charge is -2.44. The summed E-state index contributed by atoms with van der Waals surface area (Å²) in [6.07, 6.45) is -7.22. The van der Waals surface area contributed by atoms with E-state index < -0.39 is 43.7 Å². The minimum atomic E-state index is -7.45. The SMILES string of the molecule is Cc1cc(C)c(S(OS(=O)(=O)C(F)(F)C(F)(F)C(F)(F)C(F)(F)F)(c2ccccc2)c2c(C)cc(C)cc2C)c(C)c1. The molecule has 232 valence electrons. The molecule has 0 aromatic heterocycles. The number of halogens is 9. The summed E-state index contributed by atoms with van der Waals surface area (Å²) < 4.78 is 157. The fraction of sp³-hybridized carbons (Fsp3) is 0.357. The predicted octanol–water partition coefficient (Wildman–Crippen LogP) is 9.51. The molecule has 0 aliphatic carbocycles. The first kappa shape index (κ1) is 33.8. The van der Waals surface area contributed by atoms with Crippen molar-refractivity contribution in [2.45, 2.75) is 79.5 Å². The highest BCUT2D eigenvalue weighted by Crippen LogP contribution is 2.74. The molecule has 0 saturated carbocycles. The first-order chi connectivity index (χ1) is 19.0. The van der Waals surface area contributed by atoms with Crippen LogP contribution in [0.25, 0.3) is 0 Å². The van der Waals surface area contributed by atoms with E-state index in [1.165, 1.54) is 58.0 Å². The Bertz CT molecular complexity index is 1500. The Morgan fingerprint density at radius 3 is 1.26 bits per heavy atom. The van der Waals surface area contributed by atoms with E-state index >= 15 is 8.78 Å². The van der Waals surface area contributed by atoms with Crippen LogP contribution in [0, 0.1) is 41.5 Å². The molecule has 0 saturated heterocycles. The minimum Gasteiger partial charge on any atom is -0.202 e. The smallest absolute Gasteiger partial charge is 0.202 e. The van der Waals surface area contributed by atoms with Crippen LogP contribution in [0.2, 0.25) is 0 Å². The van der Waals surface area contributed by atoms with Crippen molar-refractivity contribution in [1.29, 1.82) is 0 Å². The first-order valence-corrected chi connectivity index (χ1v) is 15.1. The van der Waals surface area contributed by atoms with Crippen molar-refractivity contribution in [2.75, 3.05) is 0 Å². The first-order valence-electron chi connectivity index (χ1n) is 12.2. The summed E-state index contributed by atoms with van der Waals surface area (Å²) in [5, 5.41) is -7.04. The molecule has 0 spiro atoms. The van der Waals surface area contributed by atoms with E-state index in [2.05, 4.69) is 0 Å². The van der Waals surface area contributed by atoms with Gasteiger partial charge in [0.1, 0.15) is 0 Å². The Morgan fingerprint density at radius 2 is 0.929 bits per heavy atom. The second-order valence-corrected chi connectivity index (χ2v) is 14.4. The summed E-state index contributed by atoms with van der Waals surface area (Å²) >= 11 is 0. The molecule has 3 aromatic rings. The number of hydrogen-bond acceptors (Lipinski definition) is 3. The van der Waals surface area contributed by atoms with E-state index in [0.717, 1.165) is 0 Å². The molecule has 0 fully saturated rings. The zero-order valence-corrected chi connectivity index (χ0v) is 24.8. The average molecular weight is 647 g/mol. The van der Waals surface area contributed by atoms with Gasteiger partial charge < -0.3 is 0 Å². The van der Waals surface area contributed by atoms with Gasteiger partial charge in [0.25, 0.3) is 0 Å². The van der Waals surface area contributed by atoms with Crippen LogP contribution in [0.3, 0.4) is 0 Å². The van der Waals surface area contributed by atoms with E-state index in [1.807, 2.05) is 0 Å². The lowest BCUT2D eigenvalue weighted by atomic mass is 10.1. The largest absolute Gasteiger partial charge is 0.460 e. The number of rotatable bonds is 8. The fourth-order valence-corrected chi connectivity index (χ4v) is 11.0. The van der Waals surface area contributed by atoms with Gasteiger partial charge in [-0.25, -0.2) is 3.63 Å². The molecule has 0 heterocycles. The Balaban J connectivity index is 2.56. The van der Waals surface area contributed by atoms with Gasteiger partial charge in [-0.2, -0.15) is 47.9 Å². The van der Waals surface area contributed by atoms with Crippen LogP contribution in [0.15, 0.2) is 69.3 Å². The van der Waals surface area contributed by atoms with Gasteiger partial charge in [-0.3, -0.25) is 0 Å². The topological polar surface area (TPSA) is 43.4 Å². The van der Waals surface area contributed by atoms with E-state index in [1.54, 1.807) is 38.1 Å². The summed E-state index contributed by atoms with van der Waals surface area (Å²) in [6, 6.07) is 13.0. The van der Waals surface area contributed by atoms with Gasteiger partial charge in [0.2, 0.25) is 0 Å². The van der Waals surface area contributed by atoms with Crippen molar-refractivity contribution in [2.24, 2.45) is 0 Å². The second kappa shape index (κ2) is 10.8. The van der Waals surface area contributed by atoms with Crippen molar-refractivity contribution in [3.63, 3.8) is 0 Å². The second-order valence-electron chi connectivity index (χ2n) is 10.0. The molecule has 0 N–H and O–H groups in total. The zero-order chi connectivity index (χ0) is 32.3. The quantitative estimate of drug-likeness (QED) is 0.229. The van der Waals surface area contributed by atoms with Crippen LogP contribution in [-0.2, 0) is 13.7 Å². The average Bonchev–Trinajstić information content (AvgIpc) is 2.81. The van der Waals surface area contributed by atoms with Crippen LogP contribution < -0.4 is 0 Å². The third kappa shape index (κ3) is 5.19. The van der Waals surface area contributed by atoms with Gasteiger partial charge in [-0.05, 0) is 86.2 Å². The molecule has 0 bridgehead atoms. The van der Waals surface area contributed by atoms with Gasteiger partial charge in [-0.15, -0.1) is 0 Å². The molecule has 0 atom stereocenters. The summed E-state index contributed by atoms with van der Waals surface area (Å²) in [4.78, 5) is -0.167. The lowest BCUT2D eigenvalue weighted by Crippen LogP contribution is -2.63. The maximum Gasteiger partial charge on any atom is 0.460 e. The van der Waals surface area contributed by atoms with E-state index in [9.17, 15) is 39.2 Å². The highest BCUT2D eigenvalue weighted by Gasteiger charge is 2.86. The van der Waals surface area contributed by atoms with E-state index in [4.69, 9.17) is 3.63 Å². The van der Waals surface area contributed by atoms with Gasteiger partial charge >= 0.3 is 33.4 Å². The molecule has 3 aromatic carbocycles. The monoisotopic (exact) mass is 646 g/mol. The lowest BCUT2D eigenvalue weighted by molar-refractivity contribution is -0.382. The number of alkyl halides is 9.